The SMILES string of the molecule is Cc1cc(Nc2ccc3c(c2)C(=O)CC3)nc(N)n1.Cl. The number of hydrogen-bond donors (Lipinski definition) is 2. The van der Waals surface area contributed by atoms with Gasteiger partial charge < -0.3 is 11.1 Å². The van der Waals surface area contributed by atoms with Gasteiger partial charge in [0.1, 0.15) is 5.82 Å². The van der Waals surface area contributed by atoms with Crippen LogP contribution in [0.1, 0.15) is 28.0 Å². The van der Waals surface area contributed by atoms with Gasteiger partial charge in [0.2, 0.25) is 5.95 Å². The lowest BCUT2D eigenvalue weighted by Crippen LogP contribution is -2.02. The topological polar surface area (TPSA) is 80.9 Å². The normalized spacial score (nSPS) is 12.8. The third kappa shape index (κ3) is 2.72. The lowest BCUT2D eigenvalue weighted by molar-refractivity contribution is 0.0994. The fraction of sp³-hybridized carbons (Fsp3) is 0.214. The van der Waals surface area contributed by atoms with E-state index in [1.165, 1.54) is 0 Å². The van der Waals surface area contributed by atoms with Crippen LogP contribution in [0.2, 0.25) is 0 Å². The molecule has 3 N–H and O–H groups in total. The highest BCUT2D eigenvalue weighted by atomic mass is 35.5. The molecule has 1 aliphatic carbocycles. The van der Waals surface area contributed by atoms with Crippen LogP contribution in [0, 0.1) is 6.92 Å². The van der Waals surface area contributed by atoms with Gasteiger partial charge in [0.15, 0.2) is 5.78 Å². The van der Waals surface area contributed by atoms with E-state index in [2.05, 4.69) is 15.3 Å². The van der Waals surface area contributed by atoms with Crippen LogP contribution in [-0.4, -0.2) is 15.8 Å². The van der Waals surface area contributed by atoms with Gasteiger partial charge in [-0.2, -0.15) is 4.98 Å². The molecule has 0 spiro atoms. The van der Waals surface area contributed by atoms with Gasteiger partial charge in [-0.25, -0.2) is 4.98 Å². The van der Waals surface area contributed by atoms with Crippen LogP contribution in [0.3, 0.4) is 0 Å². The summed E-state index contributed by atoms with van der Waals surface area (Å²) in [4.78, 5) is 19.8. The number of benzene rings is 1. The van der Waals surface area contributed by atoms with Gasteiger partial charge in [-0.3, -0.25) is 4.79 Å². The Hall–Kier alpha value is -2.14. The highest BCUT2D eigenvalue weighted by Crippen LogP contribution is 2.26. The van der Waals surface area contributed by atoms with Crippen LogP contribution in [0.25, 0.3) is 0 Å². The molecule has 1 aliphatic rings. The second kappa shape index (κ2) is 5.46. The number of ketones is 1. The second-order valence-corrected chi connectivity index (χ2v) is 4.67. The zero-order valence-electron chi connectivity index (χ0n) is 11.0. The molecule has 0 fully saturated rings. The highest BCUT2D eigenvalue weighted by molar-refractivity contribution is 6.01. The van der Waals surface area contributed by atoms with Crippen LogP contribution in [0.5, 0.6) is 0 Å². The van der Waals surface area contributed by atoms with Gasteiger partial charge in [-0.05, 0) is 31.0 Å². The molecule has 0 aliphatic heterocycles. The average Bonchev–Trinajstić information content (AvgIpc) is 2.70. The van der Waals surface area contributed by atoms with Gasteiger partial charge in [-0.1, -0.05) is 6.07 Å². The minimum absolute atomic E-state index is 0. The van der Waals surface area contributed by atoms with Crippen molar-refractivity contribution in [2.45, 2.75) is 19.8 Å². The van der Waals surface area contributed by atoms with E-state index in [0.717, 1.165) is 28.9 Å². The Morgan fingerprint density at radius 3 is 2.75 bits per heavy atom. The van der Waals surface area contributed by atoms with E-state index in [-0.39, 0.29) is 24.1 Å². The quantitative estimate of drug-likeness (QED) is 0.889. The van der Waals surface area contributed by atoms with Crippen molar-refractivity contribution in [3.63, 3.8) is 0 Å². The van der Waals surface area contributed by atoms with E-state index in [9.17, 15) is 4.79 Å². The number of nitrogens with one attached hydrogen (secondary N) is 1. The molecule has 2 aromatic rings. The number of hydrogen-bond acceptors (Lipinski definition) is 5. The van der Waals surface area contributed by atoms with Crippen molar-refractivity contribution in [3.05, 3.63) is 41.1 Å². The highest BCUT2D eigenvalue weighted by Gasteiger charge is 2.19. The molecule has 1 aromatic carbocycles. The summed E-state index contributed by atoms with van der Waals surface area (Å²) in [5, 5.41) is 3.15. The Morgan fingerprint density at radius 1 is 1.20 bits per heavy atom. The molecule has 0 atom stereocenters. The summed E-state index contributed by atoms with van der Waals surface area (Å²) >= 11 is 0. The number of rotatable bonds is 2. The number of aryl methyl sites for hydroxylation is 2. The van der Waals surface area contributed by atoms with Crippen molar-refractivity contribution in [1.82, 2.24) is 9.97 Å². The van der Waals surface area contributed by atoms with E-state index in [1.54, 1.807) is 0 Å². The number of halogens is 1. The number of carbonyl (C=O) groups excluding carboxylic acids is 1. The Labute approximate surface area is 123 Å². The van der Waals surface area contributed by atoms with E-state index < -0.39 is 0 Å². The van der Waals surface area contributed by atoms with Crippen molar-refractivity contribution < 1.29 is 4.79 Å². The summed E-state index contributed by atoms with van der Waals surface area (Å²) in [6.07, 6.45) is 1.45. The van der Waals surface area contributed by atoms with Crippen LogP contribution < -0.4 is 11.1 Å². The lowest BCUT2D eigenvalue weighted by Gasteiger charge is -2.08. The smallest absolute Gasteiger partial charge is 0.222 e. The second-order valence-electron chi connectivity index (χ2n) is 4.67. The Morgan fingerprint density at radius 2 is 2.00 bits per heavy atom. The fourth-order valence-corrected chi connectivity index (χ4v) is 2.32. The molecule has 6 heteroatoms. The molecule has 0 unspecified atom stereocenters. The number of nitrogen functional groups attached to an aromatic ring is 1. The molecular formula is C14H15ClN4O. The Kier molecular flexibility index (Phi) is 3.90. The van der Waals surface area contributed by atoms with Crippen LogP contribution in [0.15, 0.2) is 24.3 Å². The zero-order valence-corrected chi connectivity index (χ0v) is 11.8. The number of nitrogens with two attached hydrogens (primary N) is 1. The van der Waals surface area contributed by atoms with Crippen molar-refractivity contribution in [1.29, 1.82) is 0 Å². The number of nitrogens with zero attached hydrogens (tertiary/aromatic N) is 2. The number of fused-ring (bicyclic) bond motifs is 1. The first-order valence-electron chi connectivity index (χ1n) is 6.16. The maximum atomic E-state index is 11.7. The van der Waals surface area contributed by atoms with Gasteiger partial charge in [0, 0.05) is 29.4 Å². The molecular weight excluding hydrogens is 276 g/mol. The molecule has 1 heterocycles. The minimum atomic E-state index is 0. The summed E-state index contributed by atoms with van der Waals surface area (Å²) in [5.41, 5.74) is 9.18. The molecule has 3 rings (SSSR count). The van der Waals surface area contributed by atoms with Gasteiger partial charge >= 0.3 is 0 Å². The zero-order chi connectivity index (χ0) is 13.4. The van der Waals surface area contributed by atoms with E-state index in [0.29, 0.717) is 12.2 Å². The molecule has 0 saturated carbocycles. The molecule has 104 valence electrons. The molecule has 0 bridgehead atoms. The van der Waals surface area contributed by atoms with Crippen molar-refractivity contribution in [3.8, 4) is 0 Å². The largest absolute Gasteiger partial charge is 0.368 e. The fourth-order valence-electron chi connectivity index (χ4n) is 2.32. The lowest BCUT2D eigenvalue weighted by atomic mass is 10.1. The Bertz CT molecular complexity index is 652. The number of anilines is 3. The first-order chi connectivity index (χ1) is 9.11. The first kappa shape index (κ1) is 14.3. The summed E-state index contributed by atoms with van der Waals surface area (Å²) in [7, 11) is 0. The first-order valence-corrected chi connectivity index (χ1v) is 6.16. The predicted molar refractivity (Wildman–Crippen MR) is 80.8 cm³/mol. The standard InChI is InChI=1S/C14H14N4O.ClH/c1-8-6-13(18-14(15)16-8)17-10-4-2-9-3-5-12(19)11(9)7-10;/h2,4,6-7H,3,5H2,1H3,(H3,15,16,17,18);1H. The number of carbonyl (C=O) groups is 1. The van der Waals surface area contributed by atoms with Crippen LogP contribution >= 0.6 is 12.4 Å². The predicted octanol–water partition coefficient (Wildman–Crippen LogP) is 2.66. The van der Waals surface area contributed by atoms with E-state index >= 15 is 0 Å². The third-order valence-corrected chi connectivity index (χ3v) is 3.18. The van der Waals surface area contributed by atoms with Crippen LogP contribution in [-0.2, 0) is 6.42 Å². The van der Waals surface area contributed by atoms with Crippen molar-refractivity contribution in [2.75, 3.05) is 11.1 Å². The van der Waals surface area contributed by atoms with Crippen molar-refractivity contribution in [2.24, 2.45) is 0 Å². The molecule has 5 nitrogen and oxygen atoms in total. The number of Topliss-reactive ketones (excluding diaryl/α,β-unsaturated/α-hetero) is 1. The third-order valence-electron chi connectivity index (χ3n) is 3.18. The van der Waals surface area contributed by atoms with Gasteiger partial charge in [0.25, 0.3) is 0 Å². The molecule has 0 amide bonds. The molecule has 20 heavy (non-hydrogen) atoms. The maximum absolute atomic E-state index is 11.7. The molecule has 0 radical (unpaired) electrons. The molecule has 1 aromatic heterocycles. The summed E-state index contributed by atoms with van der Waals surface area (Å²) < 4.78 is 0. The van der Waals surface area contributed by atoms with Gasteiger partial charge in [-0.15, -0.1) is 12.4 Å². The van der Waals surface area contributed by atoms with Gasteiger partial charge in [0.05, 0.1) is 0 Å². The number of aromatic nitrogens is 2. The minimum Gasteiger partial charge on any atom is -0.368 e. The average molecular weight is 291 g/mol. The maximum Gasteiger partial charge on any atom is 0.222 e. The molecule has 0 saturated heterocycles. The summed E-state index contributed by atoms with van der Waals surface area (Å²) in [5.74, 6) is 1.08. The van der Waals surface area contributed by atoms with Crippen LogP contribution in [0.4, 0.5) is 17.5 Å². The summed E-state index contributed by atoms with van der Waals surface area (Å²) in [6, 6.07) is 7.62. The van der Waals surface area contributed by atoms with Crippen molar-refractivity contribution >= 4 is 35.6 Å². The Balaban J connectivity index is 0.00000147. The van der Waals surface area contributed by atoms with E-state index in [1.807, 2.05) is 31.2 Å². The monoisotopic (exact) mass is 290 g/mol. The van der Waals surface area contributed by atoms with E-state index in [4.69, 9.17) is 5.73 Å². The summed E-state index contributed by atoms with van der Waals surface area (Å²) in [6.45, 7) is 1.86.